The number of nitrogens with zero attached hydrogens (tertiary/aromatic N) is 2. The van der Waals surface area contributed by atoms with Gasteiger partial charge >= 0.3 is 0 Å². The van der Waals surface area contributed by atoms with Crippen LogP contribution in [0.25, 0.3) is 0 Å². The number of anilines is 1. The van der Waals surface area contributed by atoms with Crippen molar-refractivity contribution in [1.82, 2.24) is 9.55 Å². The van der Waals surface area contributed by atoms with E-state index in [1.807, 2.05) is 47.7 Å². The van der Waals surface area contributed by atoms with E-state index in [9.17, 15) is 4.79 Å². The van der Waals surface area contributed by atoms with E-state index in [0.717, 1.165) is 11.5 Å². The number of nitrogens with one attached hydrogen (secondary N) is 1. The van der Waals surface area contributed by atoms with Crippen molar-refractivity contribution >= 4 is 28.3 Å². The molecule has 0 bridgehead atoms. The molecule has 1 heterocycles. The Hall–Kier alpha value is -1.37. The van der Waals surface area contributed by atoms with Gasteiger partial charge in [-0.05, 0) is 48.1 Å². The van der Waals surface area contributed by atoms with Gasteiger partial charge < -0.3 is 5.32 Å². The molecular weight excluding hydrogens is 353 g/mol. The second-order valence-electron chi connectivity index (χ2n) is 4.35. The highest BCUT2D eigenvalue weighted by molar-refractivity contribution is 14.1. The number of para-hydroxylation sites is 1. The van der Waals surface area contributed by atoms with E-state index in [0.29, 0.717) is 16.7 Å². The maximum absolute atomic E-state index is 12.0. The van der Waals surface area contributed by atoms with Gasteiger partial charge in [-0.25, -0.2) is 4.98 Å². The Labute approximate surface area is 126 Å². The molecule has 0 aliphatic carbocycles. The van der Waals surface area contributed by atoms with Gasteiger partial charge in [0.05, 0.1) is 3.57 Å². The summed E-state index contributed by atoms with van der Waals surface area (Å²) in [5.74, 6) is 0.747. The average molecular weight is 369 g/mol. The quantitative estimate of drug-likeness (QED) is 0.843. The molecule has 1 aromatic carbocycles. The van der Waals surface area contributed by atoms with E-state index in [1.54, 1.807) is 10.8 Å². The van der Waals surface area contributed by atoms with Crippen molar-refractivity contribution in [2.75, 3.05) is 11.9 Å². The van der Waals surface area contributed by atoms with Crippen LogP contribution in [0.3, 0.4) is 0 Å². The number of halogens is 1. The van der Waals surface area contributed by atoms with Crippen LogP contribution in [-0.2, 0) is 6.54 Å². The highest BCUT2D eigenvalue weighted by Crippen LogP contribution is 2.12. The van der Waals surface area contributed by atoms with Crippen LogP contribution in [0.1, 0.15) is 11.4 Å². The molecule has 2 aromatic rings. The molecule has 100 valence electrons. The SMILES string of the molecule is Cc1ccccc1NCCn1c(C)ncc(I)c1=O. The standard InChI is InChI=1S/C14H16IN3O/c1-10-5-3-4-6-13(10)16-7-8-18-11(2)17-9-12(15)14(18)19/h3-6,9,16H,7-8H2,1-2H3. The number of benzene rings is 1. The van der Waals surface area contributed by atoms with Crippen LogP contribution in [0, 0.1) is 17.4 Å². The molecule has 0 unspecified atom stereocenters. The molecule has 0 saturated carbocycles. The van der Waals surface area contributed by atoms with E-state index in [-0.39, 0.29) is 5.56 Å². The van der Waals surface area contributed by atoms with Crippen LogP contribution < -0.4 is 10.9 Å². The van der Waals surface area contributed by atoms with Crippen LogP contribution in [0.15, 0.2) is 35.3 Å². The lowest BCUT2D eigenvalue weighted by Crippen LogP contribution is -2.28. The van der Waals surface area contributed by atoms with E-state index >= 15 is 0 Å². The smallest absolute Gasteiger partial charge is 0.266 e. The average Bonchev–Trinajstić information content (AvgIpc) is 2.40. The lowest BCUT2D eigenvalue weighted by Gasteiger charge is -2.12. The van der Waals surface area contributed by atoms with Gasteiger partial charge in [-0.3, -0.25) is 9.36 Å². The second kappa shape index (κ2) is 6.18. The van der Waals surface area contributed by atoms with Crippen molar-refractivity contribution in [3.8, 4) is 0 Å². The van der Waals surface area contributed by atoms with Gasteiger partial charge in [0.1, 0.15) is 5.82 Å². The summed E-state index contributed by atoms with van der Waals surface area (Å²) >= 11 is 2.02. The topological polar surface area (TPSA) is 46.9 Å². The van der Waals surface area contributed by atoms with E-state index in [2.05, 4.69) is 23.3 Å². The van der Waals surface area contributed by atoms with Crippen molar-refractivity contribution in [3.05, 3.63) is 55.8 Å². The largest absolute Gasteiger partial charge is 0.383 e. The fourth-order valence-electron chi connectivity index (χ4n) is 1.89. The molecule has 0 amide bonds. The predicted molar refractivity (Wildman–Crippen MR) is 85.6 cm³/mol. The minimum Gasteiger partial charge on any atom is -0.383 e. The fraction of sp³-hybridized carbons (Fsp3) is 0.286. The number of aryl methyl sites for hydroxylation is 2. The number of rotatable bonds is 4. The van der Waals surface area contributed by atoms with Crippen LogP contribution in [0.4, 0.5) is 5.69 Å². The molecule has 0 fully saturated rings. The third-order valence-corrected chi connectivity index (χ3v) is 3.74. The summed E-state index contributed by atoms with van der Waals surface area (Å²) in [7, 11) is 0. The maximum Gasteiger partial charge on any atom is 0.266 e. The third-order valence-electron chi connectivity index (χ3n) is 3.00. The predicted octanol–water partition coefficient (Wildman–Crippen LogP) is 2.58. The van der Waals surface area contributed by atoms with Crippen molar-refractivity contribution in [2.24, 2.45) is 0 Å². The molecule has 19 heavy (non-hydrogen) atoms. The second-order valence-corrected chi connectivity index (χ2v) is 5.51. The molecule has 0 radical (unpaired) electrons. The molecule has 0 aliphatic heterocycles. The maximum atomic E-state index is 12.0. The van der Waals surface area contributed by atoms with E-state index in [1.165, 1.54) is 5.56 Å². The molecule has 0 spiro atoms. The lowest BCUT2D eigenvalue weighted by atomic mass is 10.2. The first-order valence-corrected chi connectivity index (χ1v) is 7.19. The Balaban J connectivity index is 2.07. The Bertz CT molecular complexity index is 637. The van der Waals surface area contributed by atoms with Crippen molar-refractivity contribution in [2.45, 2.75) is 20.4 Å². The molecule has 1 aromatic heterocycles. The third kappa shape index (κ3) is 3.34. The van der Waals surface area contributed by atoms with Crippen molar-refractivity contribution in [3.63, 3.8) is 0 Å². The number of hydrogen-bond donors (Lipinski definition) is 1. The normalized spacial score (nSPS) is 10.5. The highest BCUT2D eigenvalue weighted by atomic mass is 127. The molecule has 0 aliphatic rings. The lowest BCUT2D eigenvalue weighted by molar-refractivity contribution is 0.648. The van der Waals surface area contributed by atoms with Gasteiger partial charge in [-0.15, -0.1) is 0 Å². The van der Waals surface area contributed by atoms with Gasteiger partial charge in [-0.1, -0.05) is 18.2 Å². The molecule has 2 rings (SSSR count). The summed E-state index contributed by atoms with van der Waals surface area (Å²) in [6.07, 6.45) is 1.61. The molecule has 0 saturated heterocycles. The highest BCUT2D eigenvalue weighted by Gasteiger charge is 2.05. The summed E-state index contributed by atoms with van der Waals surface area (Å²) in [6, 6.07) is 8.11. The molecule has 5 heteroatoms. The minimum atomic E-state index is 0.0275. The zero-order chi connectivity index (χ0) is 13.8. The van der Waals surface area contributed by atoms with Gasteiger partial charge in [-0.2, -0.15) is 0 Å². The monoisotopic (exact) mass is 369 g/mol. The van der Waals surface area contributed by atoms with Crippen LogP contribution in [0.2, 0.25) is 0 Å². The van der Waals surface area contributed by atoms with Crippen LogP contribution in [-0.4, -0.2) is 16.1 Å². The first-order chi connectivity index (χ1) is 9.09. The Morgan fingerprint density at radius 2 is 2.05 bits per heavy atom. The summed E-state index contributed by atoms with van der Waals surface area (Å²) in [5, 5.41) is 3.35. The number of hydrogen-bond acceptors (Lipinski definition) is 3. The van der Waals surface area contributed by atoms with Crippen LogP contribution in [0.5, 0.6) is 0 Å². The summed E-state index contributed by atoms with van der Waals surface area (Å²) in [4.78, 5) is 16.2. The Morgan fingerprint density at radius 3 is 2.79 bits per heavy atom. The van der Waals surface area contributed by atoms with Crippen LogP contribution >= 0.6 is 22.6 Å². The van der Waals surface area contributed by atoms with Crippen molar-refractivity contribution < 1.29 is 0 Å². The van der Waals surface area contributed by atoms with E-state index in [4.69, 9.17) is 0 Å². The molecule has 1 N–H and O–H groups in total. The van der Waals surface area contributed by atoms with Gasteiger partial charge in [0, 0.05) is 25.0 Å². The summed E-state index contributed by atoms with van der Waals surface area (Å²) < 4.78 is 2.35. The minimum absolute atomic E-state index is 0.0275. The summed E-state index contributed by atoms with van der Waals surface area (Å²) in [6.45, 7) is 5.23. The van der Waals surface area contributed by atoms with Gasteiger partial charge in [0.2, 0.25) is 0 Å². The molecule has 4 nitrogen and oxygen atoms in total. The molecule has 0 atom stereocenters. The summed E-state index contributed by atoms with van der Waals surface area (Å²) in [5.41, 5.74) is 2.33. The first-order valence-electron chi connectivity index (χ1n) is 6.11. The first kappa shape index (κ1) is 14.0. The fourth-order valence-corrected chi connectivity index (χ4v) is 2.32. The van der Waals surface area contributed by atoms with Crippen molar-refractivity contribution in [1.29, 1.82) is 0 Å². The zero-order valence-electron chi connectivity index (χ0n) is 11.0. The zero-order valence-corrected chi connectivity index (χ0v) is 13.1. The van der Waals surface area contributed by atoms with Gasteiger partial charge in [0.25, 0.3) is 5.56 Å². The van der Waals surface area contributed by atoms with Gasteiger partial charge in [0.15, 0.2) is 0 Å². The van der Waals surface area contributed by atoms with E-state index < -0.39 is 0 Å². The Kier molecular flexibility index (Phi) is 4.57. The Morgan fingerprint density at radius 1 is 1.32 bits per heavy atom. The number of aromatic nitrogens is 2. The molecular formula is C14H16IN3O.